The van der Waals surface area contributed by atoms with Gasteiger partial charge in [0.1, 0.15) is 17.7 Å². The number of hydrogen-bond acceptors (Lipinski definition) is 4. The highest BCUT2D eigenvalue weighted by atomic mass is 127. The molecule has 0 amide bonds. The van der Waals surface area contributed by atoms with E-state index in [1.807, 2.05) is 0 Å². The number of nitriles is 4. The molecule has 0 aromatic rings. The van der Waals surface area contributed by atoms with E-state index in [4.69, 9.17) is 21.0 Å². The Morgan fingerprint density at radius 1 is 1.00 bits per heavy atom. The first-order chi connectivity index (χ1) is 5.71. The molecule has 0 aromatic heterocycles. The van der Waals surface area contributed by atoms with Gasteiger partial charge in [0.2, 0.25) is 0 Å². The number of allylic oxidation sites excluding steroid dienone is 2. The zero-order chi connectivity index (χ0) is 9.56. The normalized spacial score (nSPS) is 7.17. The van der Waals surface area contributed by atoms with Crippen LogP contribution in [0, 0.1) is 51.2 Å². The second-order valence-electron chi connectivity index (χ2n) is 1.64. The first-order valence-corrected chi connectivity index (χ1v) is 3.78. The lowest BCUT2D eigenvalue weighted by Gasteiger charge is -1.94. The second-order valence-corrected chi connectivity index (χ2v) is 2.80. The number of rotatable bonds is 1. The summed E-state index contributed by atoms with van der Waals surface area (Å²) < 4.78 is 0.183. The van der Waals surface area contributed by atoms with Crippen molar-refractivity contribution in [1.82, 2.24) is 0 Å². The SMILES string of the molecule is N#CC(C#N)=C(I)C(C#N)C#N. The van der Waals surface area contributed by atoms with Crippen molar-refractivity contribution in [1.29, 1.82) is 21.0 Å². The quantitative estimate of drug-likeness (QED) is 0.530. The third-order valence-electron chi connectivity index (χ3n) is 0.974. The van der Waals surface area contributed by atoms with Crippen molar-refractivity contribution in [2.45, 2.75) is 0 Å². The highest BCUT2D eigenvalue weighted by Crippen LogP contribution is 2.21. The molecule has 0 aliphatic heterocycles. The Morgan fingerprint density at radius 3 is 1.67 bits per heavy atom. The average molecular weight is 268 g/mol. The minimum atomic E-state index is -1.01. The summed E-state index contributed by atoms with van der Waals surface area (Å²) in [5.74, 6) is -1.01. The van der Waals surface area contributed by atoms with Crippen molar-refractivity contribution in [2.24, 2.45) is 5.92 Å². The van der Waals surface area contributed by atoms with Crippen molar-refractivity contribution in [3.05, 3.63) is 9.15 Å². The Balaban J connectivity index is 5.11. The largest absolute Gasteiger partial charge is 0.196 e. The van der Waals surface area contributed by atoms with E-state index in [2.05, 4.69) is 0 Å². The van der Waals surface area contributed by atoms with Gasteiger partial charge in [-0.25, -0.2) is 0 Å². The second kappa shape index (κ2) is 5.13. The van der Waals surface area contributed by atoms with Gasteiger partial charge in [-0.05, 0) is 22.6 Å². The lowest BCUT2D eigenvalue weighted by molar-refractivity contribution is 1.08. The van der Waals surface area contributed by atoms with Gasteiger partial charge in [-0.3, -0.25) is 0 Å². The molecule has 5 heteroatoms. The van der Waals surface area contributed by atoms with Crippen LogP contribution in [0.4, 0.5) is 0 Å². The molecule has 0 spiro atoms. The van der Waals surface area contributed by atoms with Crippen LogP contribution in [0.5, 0.6) is 0 Å². The van der Waals surface area contributed by atoms with Gasteiger partial charge in [0.05, 0.1) is 15.7 Å². The van der Waals surface area contributed by atoms with Crippen molar-refractivity contribution < 1.29 is 0 Å². The van der Waals surface area contributed by atoms with Gasteiger partial charge in [-0.2, -0.15) is 21.0 Å². The maximum absolute atomic E-state index is 8.41. The summed E-state index contributed by atoms with van der Waals surface area (Å²) in [6, 6.07) is 6.56. The molecule has 0 heterocycles. The van der Waals surface area contributed by atoms with Gasteiger partial charge in [0, 0.05) is 0 Å². The van der Waals surface area contributed by atoms with Crippen LogP contribution in [-0.2, 0) is 0 Å². The molecule has 0 aromatic carbocycles. The zero-order valence-electron chi connectivity index (χ0n) is 5.74. The van der Waals surface area contributed by atoms with Crippen LogP contribution in [-0.4, -0.2) is 0 Å². The van der Waals surface area contributed by atoms with Crippen LogP contribution >= 0.6 is 22.6 Å². The van der Waals surface area contributed by atoms with Crippen molar-refractivity contribution in [2.75, 3.05) is 0 Å². The first kappa shape index (κ1) is 10.4. The lowest BCUT2D eigenvalue weighted by atomic mass is 10.1. The Kier molecular flexibility index (Phi) is 4.46. The van der Waals surface area contributed by atoms with Gasteiger partial charge < -0.3 is 0 Å². The molecular formula is C7HIN4. The molecule has 0 radical (unpaired) electrons. The summed E-state index contributed by atoms with van der Waals surface area (Å²) in [5, 5.41) is 33.6. The van der Waals surface area contributed by atoms with Gasteiger partial charge in [0.15, 0.2) is 5.92 Å². The summed E-state index contributed by atoms with van der Waals surface area (Å²) in [5.41, 5.74) is -0.177. The van der Waals surface area contributed by atoms with E-state index in [-0.39, 0.29) is 9.15 Å². The van der Waals surface area contributed by atoms with Crippen LogP contribution in [0.1, 0.15) is 0 Å². The summed E-state index contributed by atoms with van der Waals surface area (Å²) >= 11 is 1.66. The fourth-order valence-corrected chi connectivity index (χ4v) is 0.938. The summed E-state index contributed by atoms with van der Waals surface area (Å²) in [4.78, 5) is 0. The van der Waals surface area contributed by atoms with Crippen molar-refractivity contribution in [3.8, 4) is 24.3 Å². The fraction of sp³-hybridized carbons (Fsp3) is 0.143. The topological polar surface area (TPSA) is 95.2 Å². The highest BCUT2D eigenvalue weighted by molar-refractivity contribution is 14.1. The predicted molar refractivity (Wildman–Crippen MR) is 47.0 cm³/mol. The van der Waals surface area contributed by atoms with Crippen LogP contribution < -0.4 is 0 Å². The number of hydrogen-bond donors (Lipinski definition) is 0. The van der Waals surface area contributed by atoms with Crippen LogP contribution in [0.25, 0.3) is 0 Å². The van der Waals surface area contributed by atoms with Crippen molar-refractivity contribution in [3.63, 3.8) is 0 Å². The minimum Gasteiger partial charge on any atom is -0.196 e. The maximum Gasteiger partial charge on any atom is 0.165 e. The van der Waals surface area contributed by atoms with Gasteiger partial charge in [-0.15, -0.1) is 0 Å². The van der Waals surface area contributed by atoms with E-state index < -0.39 is 5.92 Å². The van der Waals surface area contributed by atoms with E-state index >= 15 is 0 Å². The Bertz CT molecular complexity index is 338. The van der Waals surface area contributed by atoms with E-state index in [1.54, 1.807) is 46.9 Å². The molecule has 0 saturated heterocycles. The molecule has 0 fully saturated rings. The summed E-state index contributed by atoms with van der Waals surface area (Å²) in [6.45, 7) is 0. The first-order valence-electron chi connectivity index (χ1n) is 2.70. The molecule has 0 unspecified atom stereocenters. The highest BCUT2D eigenvalue weighted by Gasteiger charge is 2.14. The van der Waals surface area contributed by atoms with Crippen LogP contribution in [0.3, 0.4) is 0 Å². The van der Waals surface area contributed by atoms with Gasteiger partial charge >= 0.3 is 0 Å². The molecule has 0 rings (SSSR count). The predicted octanol–water partition coefficient (Wildman–Crippen LogP) is 1.39. The molecule has 12 heavy (non-hydrogen) atoms. The Morgan fingerprint density at radius 2 is 1.42 bits per heavy atom. The van der Waals surface area contributed by atoms with Gasteiger partial charge in [0.25, 0.3) is 0 Å². The number of halogens is 1. The monoisotopic (exact) mass is 268 g/mol. The Labute approximate surface area is 83.1 Å². The molecule has 0 N–H and O–H groups in total. The fourth-order valence-electron chi connectivity index (χ4n) is 0.418. The standard InChI is InChI=1S/C7HIN4/c8-7(5(1-9)2-10)6(3-11)4-12/h5H. The van der Waals surface area contributed by atoms with E-state index in [0.29, 0.717) is 0 Å². The molecule has 4 nitrogen and oxygen atoms in total. The van der Waals surface area contributed by atoms with Gasteiger partial charge in [-0.1, -0.05) is 0 Å². The van der Waals surface area contributed by atoms with Crippen LogP contribution in [0.2, 0.25) is 0 Å². The molecule has 0 saturated carbocycles. The molecule has 56 valence electrons. The van der Waals surface area contributed by atoms with Crippen LogP contribution in [0.15, 0.2) is 9.15 Å². The van der Waals surface area contributed by atoms with E-state index in [1.165, 1.54) is 0 Å². The summed E-state index contributed by atoms with van der Waals surface area (Å²) in [6.07, 6.45) is 0. The molecule has 0 atom stereocenters. The molecule has 0 aliphatic carbocycles. The number of nitrogens with zero attached hydrogens (tertiary/aromatic N) is 4. The van der Waals surface area contributed by atoms with E-state index in [9.17, 15) is 0 Å². The lowest BCUT2D eigenvalue weighted by Crippen LogP contribution is -1.94. The van der Waals surface area contributed by atoms with E-state index in [0.717, 1.165) is 0 Å². The average Bonchev–Trinajstić information content (AvgIpc) is 2.09. The zero-order valence-corrected chi connectivity index (χ0v) is 7.90. The Hall–Kier alpha value is -1.57. The summed E-state index contributed by atoms with van der Waals surface area (Å²) in [7, 11) is 0. The smallest absolute Gasteiger partial charge is 0.165 e. The maximum atomic E-state index is 8.41. The van der Waals surface area contributed by atoms with Crippen molar-refractivity contribution >= 4 is 22.6 Å². The third-order valence-corrected chi connectivity index (χ3v) is 2.14. The minimum absolute atomic E-state index is 0.177. The molecule has 0 bridgehead atoms. The molecule has 0 aliphatic rings. The molecular weight excluding hydrogens is 267 g/mol. The third kappa shape index (κ3) is 2.23.